The second-order valence-electron chi connectivity index (χ2n) is 7.54. The number of nitrogens with zero attached hydrogens (tertiary/aromatic N) is 2. The van der Waals surface area contributed by atoms with Gasteiger partial charge >= 0.3 is 5.97 Å². The molecule has 2 aliphatic rings. The number of hydrogen-bond donors (Lipinski definition) is 0. The summed E-state index contributed by atoms with van der Waals surface area (Å²) in [5, 5.41) is 4.10. The highest BCUT2D eigenvalue weighted by atomic mass is 32.1. The van der Waals surface area contributed by atoms with E-state index in [-0.39, 0.29) is 5.56 Å². The zero-order valence-electron chi connectivity index (χ0n) is 16.2. The van der Waals surface area contributed by atoms with Crippen LogP contribution in [0.25, 0.3) is 0 Å². The minimum atomic E-state index is -0.440. The normalized spacial score (nSPS) is 17.0. The molecule has 0 spiro atoms. The molecule has 0 aromatic carbocycles. The van der Waals surface area contributed by atoms with Crippen LogP contribution in [0.3, 0.4) is 0 Å². The molecule has 0 amide bonds. The third-order valence-corrected chi connectivity index (χ3v) is 6.25. The summed E-state index contributed by atoms with van der Waals surface area (Å²) in [6, 6.07) is 3.50. The standard InChI is InChI=1S/C21H26N2O4S/c1-26-21(25)20-17-4-7-22(13-15-2-3-15)8-9-23(17)19(24)12-18(20)27-10-5-16-6-11-28-14-16/h6,11-12,14-15H,2-5,7-10,13H2,1H3. The zero-order valence-corrected chi connectivity index (χ0v) is 17.0. The van der Waals surface area contributed by atoms with Gasteiger partial charge in [-0.3, -0.25) is 4.79 Å². The van der Waals surface area contributed by atoms with Gasteiger partial charge in [-0.15, -0.1) is 0 Å². The number of rotatable bonds is 7. The van der Waals surface area contributed by atoms with Gasteiger partial charge in [0.05, 0.1) is 13.7 Å². The number of hydrogen-bond acceptors (Lipinski definition) is 6. The van der Waals surface area contributed by atoms with Gasteiger partial charge in [-0.05, 0) is 41.1 Å². The van der Waals surface area contributed by atoms with Crippen LogP contribution in [0.5, 0.6) is 5.75 Å². The molecule has 0 N–H and O–H groups in total. The van der Waals surface area contributed by atoms with E-state index in [1.165, 1.54) is 31.6 Å². The number of methoxy groups -OCH3 is 1. The molecule has 1 aliphatic heterocycles. The Kier molecular flexibility index (Phi) is 5.82. The van der Waals surface area contributed by atoms with Gasteiger partial charge < -0.3 is 18.9 Å². The highest BCUT2D eigenvalue weighted by molar-refractivity contribution is 7.07. The average molecular weight is 403 g/mol. The molecule has 0 bridgehead atoms. The third-order valence-electron chi connectivity index (χ3n) is 5.52. The molecular formula is C21H26N2O4S. The lowest BCUT2D eigenvalue weighted by Crippen LogP contribution is -2.30. The summed E-state index contributed by atoms with van der Waals surface area (Å²) in [5.74, 6) is 0.702. The number of fused-ring (bicyclic) bond motifs is 1. The van der Waals surface area contributed by atoms with Gasteiger partial charge in [0.25, 0.3) is 5.56 Å². The maximum absolute atomic E-state index is 12.7. The highest BCUT2D eigenvalue weighted by Gasteiger charge is 2.29. The van der Waals surface area contributed by atoms with E-state index in [9.17, 15) is 9.59 Å². The van der Waals surface area contributed by atoms with Gasteiger partial charge in [-0.25, -0.2) is 4.79 Å². The van der Waals surface area contributed by atoms with E-state index in [0.717, 1.165) is 37.7 Å². The van der Waals surface area contributed by atoms with Crippen molar-refractivity contribution in [2.45, 2.75) is 32.2 Å². The predicted octanol–water partition coefficient (Wildman–Crippen LogP) is 2.59. The largest absolute Gasteiger partial charge is 0.492 e. The fraction of sp³-hybridized carbons (Fsp3) is 0.524. The summed E-state index contributed by atoms with van der Waals surface area (Å²) < 4.78 is 12.7. The van der Waals surface area contributed by atoms with Crippen LogP contribution in [0.15, 0.2) is 27.7 Å². The van der Waals surface area contributed by atoms with Crippen LogP contribution in [-0.4, -0.2) is 48.8 Å². The topological polar surface area (TPSA) is 60.8 Å². The predicted molar refractivity (Wildman–Crippen MR) is 108 cm³/mol. The number of esters is 1. The Morgan fingerprint density at radius 3 is 2.86 bits per heavy atom. The molecule has 1 fully saturated rings. The third kappa shape index (κ3) is 4.31. The molecule has 7 heteroatoms. The lowest BCUT2D eigenvalue weighted by atomic mass is 10.1. The maximum Gasteiger partial charge on any atom is 0.343 e. The number of carbonyl (C=O) groups is 1. The van der Waals surface area contributed by atoms with Crippen molar-refractivity contribution in [1.29, 1.82) is 0 Å². The van der Waals surface area contributed by atoms with Crippen LogP contribution in [0.2, 0.25) is 0 Å². The molecule has 2 aromatic heterocycles. The first-order valence-electron chi connectivity index (χ1n) is 9.87. The van der Waals surface area contributed by atoms with Crippen molar-refractivity contribution in [2.24, 2.45) is 5.92 Å². The van der Waals surface area contributed by atoms with Crippen molar-refractivity contribution in [3.8, 4) is 5.75 Å². The lowest BCUT2D eigenvalue weighted by molar-refractivity contribution is 0.0593. The summed E-state index contributed by atoms with van der Waals surface area (Å²) in [4.78, 5) is 27.7. The van der Waals surface area contributed by atoms with Crippen molar-refractivity contribution in [1.82, 2.24) is 9.47 Å². The molecule has 1 saturated carbocycles. The monoisotopic (exact) mass is 402 g/mol. The van der Waals surface area contributed by atoms with E-state index in [4.69, 9.17) is 9.47 Å². The molecular weight excluding hydrogens is 376 g/mol. The Hall–Kier alpha value is -2.12. The molecule has 4 rings (SSSR count). The second kappa shape index (κ2) is 8.49. The number of aromatic nitrogens is 1. The Bertz CT molecular complexity index is 887. The SMILES string of the molecule is COC(=O)c1c(OCCc2ccsc2)cc(=O)n2c1CCN(CC1CC1)CC2. The first-order chi connectivity index (χ1) is 13.7. The first kappa shape index (κ1) is 19.2. The molecule has 1 aliphatic carbocycles. The molecule has 0 radical (unpaired) electrons. The molecule has 6 nitrogen and oxygen atoms in total. The zero-order chi connectivity index (χ0) is 19.5. The fourth-order valence-corrected chi connectivity index (χ4v) is 4.49. The molecule has 28 heavy (non-hydrogen) atoms. The van der Waals surface area contributed by atoms with E-state index in [2.05, 4.69) is 16.3 Å². The van der Waals surface area contributed by atoms with Gasteiger partial charge in [0, 0.05) is 50.8 Å². The Morgan fingerprint density at radius 1 is 1.29 bits per heavy atom. The fourth-order valence-electron chi connectivity index (χ4n) is 3.79. The van der Waals surface area contributed by atoms with E-state index in [1.54, 1.807) is 15.9 Å². The highest BCUT2D eigenvalue weighted by Crippen LogP contribution is 2.30. The number of carbonyl (C=O) groups excluding carboxylic acids is 1. The van der Waals surface area contributed by atoms with Crippen LogP contribution in [0.1, 0.15) is 34.5 Å². The van der Waals surface area contributed by atoms with Crippen molar-refractivity contribution in [3.63, 3.8) is 0 Å². The van der Waals surface area contributed by atoms with Crippen LogP contribution >= 0.6 is 11.3 Å². The summed E-state index contributed by atoms with van der Waals surface area (Å²) in [6.07, 6.45) is 3.99. The molecule has 0 atom stereocenters. The number of pyridine rings is 1. The van der Waals surface area contributed by atoms with E-state index in [1.807, 2.05) is 5.38 Å². The van der Waals surface area contributed by atoms with E-state index < -0.39 is 5.97 Å². The van der Waals surface area contributed by atoms with E-state index in [0.29, 0.717) is 30.9 Å². The van der Waals surface area contributed by atoms with Crippen molar-refractivity contribution >= 4 is 17.3 Å². The van der Waals surface area contributed by atoms with Crippen molar-refractivity contribution in [3.05, 3.63) is 50.1 Å². The molecule has 0 saturated heterocycles. The van der Waals surface area contributed by atoms with Crippen molar-refractivity contribution < 1.29 is 14.3 Å². The van der Waals surface area contributed by atoms with Gasteiger partial charge in [0.15, 0.2) is 0 Å². The Balaban J connectivity index is 1.58. The van der Waals surface area contributed by atoms with Crippen LogP contribution in [0.4, 0.5) is 0 Å². The van der Waals surface area contributed by atoms with E-state index >= 15 is 0 Å². The van der Waals surface area contributed by atoms with Crippen LogP contribution in [0, 0.1) is 5.92 Å². The van der Waals surface area contributed by atoms with Crippen molar-refractivity contribution in [2.75, 3.05) is 33.4 Å². The van der Waals surface area contributed by atoms with Gasteiger partial charge in [0.2, 0.25) is 0 Å². The molecule has 3 heterocycles. The summed E-state index contributed by atoms with van der Waals surface area (Å²) in [7, 11) is 1.37. The quantitative estimate of drug-likeness (QED) is 0.666. The molecule has 2 aromatic rings. The lowest BCUT2D eigenvalue weighted by Gasteiger charge is -2.18. The molecule has 150 valence electrons. The maximum atomic E-state index is 12.7. The summed E-state index contributed by atoms with van der Waals surface area (Å²) >= 11 is 1.64. The second-order valence-corrected chi connectivity index (χ2v) is 8.32. The van der Waals surface area contributed by atoms with Crippen LogP contribution in [-0.2, 0) is 24.1 Å². The number of ether oxygens (including phenoxy) is 2. The molecule has 0 unspecified atom stereocenters. The minimum Gasteiger partial charge on any atom is -0.492 e. The Morgan fingerprint density at radius 2 is 2.14 bits per heavy atom. The van der Waals surface area contributed by atoms with Crippen LogP contribution < -0.4 is 10.3 Å². The average Bonchev–Trinajstić information content (AvgIpc) is 3.41. The Labute approximate surface area is 168 Å². The van der Waals surface area contributed by atoms with Gasteiger partial charge in [0.1, 0.15) is 11.3 Å². The first-order valence-corrected chi connectivity index (χ1v) is 10.8. The van der Waals surface area contributed by atoms with Gasteiger partial charge in [-0.2, -0.15) is 11.3 Å². The minimum absolute atomic E-state index is 0.110. The number of thiophene rings is 1. The van der Waals surface area contributed by atoms with Gasteiger partial charge in [-0.1, -0.05) is 0 Å². The summed E-state index contributed by atoms with van der Waals surface area (Å²) in [5.41, 5.74) is 2.22. The summed E-state index contributed by atoms with van der Waals surface area (Å²) in [6.45, 7) is 3.78. The smallest absolute Gasteiger partial charge is 0.343 e.